The van der Waals surface area contributed by atoms with Crippen LogP contribution in [-0.4, -0.2) is 11.2 Å². The molecule has 0 unspecified atom stereocenters. The van der Waals surface area contributed by atoms with Crippen molar-refractivity contribution >= 4 is 10.8 Å². The number of rotatable bonds is 2. The van der Waals surface area contributed by atoms with Gasteiger partial charge in [0.2, 0.25) is 0 Å². The van der Waals surface area contributed by atoms with Crippen LogP contribution in [0.3, 0.4) is 0 Å². The lowest BCUT2D eigenvalue weighted by molar-refractivity contribution is -0.00818. The minimum atomic E-state index is -0.148. The second-order valence-electron chi connectivity index (χ2n) is 6.94. The van der Waals surface area contributed by atoms with E-state index in [1.165, 1.54) is 22.8 Å². The van der Waals surface area contributed by atoms with E-state index in [0.29, 0.717) is 5.92 Å². The van der Waals surface area contributed by atoms with Crippen molar-refractivity contribution in [3.8, 4) is 0 Å². The molecule has 1 N–H and O–H groups in total. The fourth-order valence-electron chi connectivity index (χ4n) is 3.71. The maximum atomic E-state index is 10.4. The summed E-state index contributed by atoms with van der Waals surface area (Å²) in [4.78, 5) is 0. The van der Waals surface area contributed by atoms with E-state index in [1.54, 1.807) is 0 Å². The van der Waals surface area contributed by atoms with E-state index in [1.807, 2.05) is 0 Å². The standard InChI is InChI=1S/C19H24O/c1-19(2)11-5-8-18(20)17(19)13-14-9-10-15-6-3-4-7-16(15)12-14/h3-4,6-7,9-10,12,17-18,20H,5,8,11,13H2,1-2H3/t17-,18+/m1/s1. The Morgan fingerprint density at radius 2 is 1.85 bits per heavy atom. The Morgan fingerprint density at radius 1 is 1.10 bits per heavy atom. The van der Waals surface area contributed by atoms with Crippen LogP contribution in [0, 0.1) is 11.3 Å². The van der Waals surface area contributed by atoms with Crippen LogP contribution in [0.4, 0.5) is 0 Å². The third-order valence-electron chi connectivity index (χ3n) is 5.06. The quantitative estimate of drug-likeness (QED) is 0.846. The van der Waals surface area contributed by atoms with Gasteiger partial charge in [-0.1, -0.05) is 62.7 Å². The SMILES string of the molecule is CC1(C)CCC[C@H](O)[C@H]1Cc1ccc2ccccc2c1. The summed E-state index contributed by atoms with van der Waals surface area (Å²) in [6.45, 7) is 4.61. The Balaban J connectivity index is 1.88. The van der Waals surface area contributed by atoms with E-state index >= 15 is 0 Å². The molecule has 2 aromatic rings. The molecule has 0 spiro atoms. The van der Waals surface area contributed by atoms with Gasteiger partial charge in [0.15, 0.2) is 0 Å². The van der Waals surface area contributed by atoms with E-state index in [-0.39, 0.29) is 11.5 Å². The van der Waals surface area contributed by atoms with Crippen molar-refractivity contribution in [2.75, 3.05) is 0 Å². The van der Waals surface area contributed by atoms with Gasteiger partial charge in [0, 0.05) is 0 Å². The van der Waals surface area contributed by atoms with Crippen LogP contribution in [0.15, 0.2) is 42.5 Å². The van der Waals surface area contributed by atoms with Crippen LogP contribution in [0.1, 0.15) is 38.7 Å². The van der Waals surface area contributed by atoms with Crippen molar-refractivity contribution in [3.63, 3.8) is 0 Å². The summed E-state index contributed by atoms with van der Waals surface area (Å²) in [5.41, 5.74) is 1.59. The van der Waals surface area contributed by atoms with Gasteiger partial charge in [0.1, 0.15) is 0 Å². The van der Waals surface area contributed by atoms with Gasteiger partial charge in [-0.2, -0.15) is 0 Å². The normalized spacial score (nSPS) is 25.8. The highest BCUT2D eigenvalue weighted by Gasteiger charge is 2.37. The first kappa shape index (κ1) is 13.6. The van der Waals surface area contributed by atoms with Crippen LogP contribution in [0.25, 0.3) is 10.8 Å². The molecule has 0 bridgehead atoms. The first-order chi connectivity index (χ1) is 9.56. The van der Waals surface area contributed by atoms with Crippen LogP contribution in [-0.2, 0) is 6.42 Å². The number of benzene rings is 2. The average molecular weight is 268 g/mol. The van der Waals surface area contributed by atoms with Crippen molar-refractivity contribution in [1.29, 1.82) is 0 Å². The minimum Gasteiger partial charge on any atom is -0.393 e. The highest BCUT2D eigenvalue weighted by molar-refractivity contribution is 5.82. The lowest BCUT2D eigenvalue weighted by atomic mass is 9.65. The molecule has 0 saturated heterocycles. The zero-order chi connectivity index (χ0) is 14.2. The molecule has 1 saturated carbocycles. The molecule has 2 aromatic carbocycles. The average Bonchev–Trinajstić information content (AvgIpc) is 2.43. The number of aliphatic hydroxyl groups excluding tert-OH is 1. The Kier molecular flexibility index (Phi) is 3.55. The second kappa shape index (κ2) is 5.21. The van der Waals surface area contributed by atoms with Crippen molar-refractivity contribution < 1.29 is 5.11 Å². The Bertz CT molecular complexity index is 599. The summed E-state index contributed by atoms with van der Waals surface area (Å²) in [6.07, 6.45) is 4.18. The van der Waals surface area contributed by atoms with Crippen molar-refractivity contribution in [1.82, 2.24) is 0 Å². The Morgan fingerprint density at radius 3 is 2.60 bits per heavy atom. The molecule has 1 aliphatic rings. The predicted octanol–water partition coefficient (Wildman–Crippen LogP) is 4.57. The third-order valence-corrected chi connectivity index (χ3v) is 5.06. The van der Waals surface area contributed by atoms with E-state index < -0.39 is 0 Å². The van der Waals surface area contributed by atoms with Crippen LogP contribution in [0.2, 0.25) is 0 Å². The van der Waals surface area contributed by atoms with Crippen LogP contribution >= 0.6 is 0 Å². The molecule has 0 aliphatic heterocycles. The lowest BCUT2D eigenvalue weighted by Crippen LogP contribution is -2.39. The first-order valence-corrected chi connectivity index (χ1v) is 7.72. The molecule has 0 aromatic heterocycles. The van der Waals surface area contributed by atoms with Crippen molar-refractivity contribution in [3.05, 3.63) is 48.0 Å². The highest BCUT2D eigenvalue weighted by atomic mass is 16.3. The monoisotopic (exact) mass is 268 g/mol. The molecule has 106 valence electrons. The molecule has 3 rings (SSSR count). The molecular weight excluding hydrogens is 244 g/mol. The molecule has 0 heterocycles. The molecule has 2 atom stereocenters. The van der Waals surface area contributed by atoms with E-state index in [9.17, 15) is 5.11 Å². The van der Waals surface area contributed by atoms with E-state index in [2.05, 4.69) is 56.3 Å². The maximum absolute atomic E-state index is 10.4. The summed E-state index contributed by atoms with van der Waals surface area (Å²) in [6, 6.07) is 15.2. The number of aliphatic hydroxyl groups is 1. The van der Waals surface area contributed by atoms with E-state index in [4.69, 9.17) is 0 Å². The van der Waals surface area contributed by atoms with Gasteiger partial charge in [-0.3, -0.25) is 0 Å². The number of fused-ring (bicyclic) bond motifs is 1. The predicted molar refractivity (Wildman–Crippen MR) is 84.8 cm³/mol. The topological polar surface area (TPSA) is 20.2 Å². The fourth-order valence-corrected chi connectivity index (χ4v) is 3.71. The highest BCUT2D eigenvalue weighted by Crippen LogP contribution is 2.42. The molecule has 1 heteroatoms. The molecule has 1 aliphatic carbocycles. The minimum absolute atomic E-state index is 0.148. The number of hydrogen-bond donors (Lipinski definition) is 1. The zero-order valence-electron chi connectivity index (χ0n) is 12.5. The van der Waals surface area contributed by atoms with Gasteiger partial charge in [0.05, 0.1) is 6.10 Å². The van der Waals surface area contributed by atoms with Crippen molar-refractivity contribution in [2.45, 2.75) is 45.6 Å². The smallest absolute Gasteiger partial charge is 0.0576 e. The van der Waals surface area contributed by atoms with Crippen molar-refractivity contribution in [2.24, 2.45) is 11.3 Å². The maximum Gasteiger partial charge on any atom is 0.0576 e. The summed E-state index contributed by atoms with van der Waals surface area (Å²) in [5.74, 6) is 0.373. The first-order valence-electron chi connectivity index (χ1n) is 7.72. The fraction of sp³-hybridized carbons (Fsp3) is 0.474. The summed E-state index contributed by atoms with van der Waals surface area (Å²) in [5, 5.41) is 13.0. The Labute approximate surface area is 121 Å². The largest absolute Gasteiger partial charge is 0.393 e. The third kappa shape index (κ3) is 2.60. The molecule has 0 amide bonds. The summed E-state index contributed by atoms with van der Waals surface area (Å²) < 4.78 is 0. The number of hydrogen-bond acceptors (Lipinski definition) is 1. The lowest BCUT2D eigenvalue weighted by Gasteiger charge is -2.42. The molecule has 1 nitrogen and oxygen atoms in total. The van der Waals surface area contributed by atoms with Gasteiger partial charge in [-0.25, -0.2) is 0 Å². The van der Waals surface area contributed by atoms with Gasteiger partial charge in [0.25, 0.3) is 0 Å². The van der Waals surface area contributed by atoms with Gasteiger partial charge >= 0.3 is 0 Å². The zero-order valence-corrected chi connectivity index (χ0v) is 12.5. The molecular formula is C19H24O. The van der Waals surface area contributed by atoms with Crippen LogP contribution < -0.4 is 0 Å². The van der Waals surface area contributed by atoms with Crippen LogP contribution in [0.5, 0.6) is 0 Å². The van der Waals surface area contributed by atoms with Gasteiger partial charge in [-0.05, 0) is 46.9 Å². The van der Waals surface area contributed by atoms with E-state index in [0.717, 1.165) is 19.3 Å². The molecule has 20 heavy (non-hydrogen) atoms. The van der Waals surface area contributed by atoms with Gasteiger partial charge < -0.3 is 5.11 Å². The summed E-state index contributed by atoms with van der Waals surface area (Å²) in [7, 11) is 0. The van der Waals surface area contributed by atoms with Gasteiger partial charge in [-0.15, -0.1) is 0 Å². The second-order valence-corrected chi connectivity index (χ2v) is 6.94. The molecule has 0 radical (unpaired) electrons. The molecule has 1 fully saturated rings. The summed E-state index contributed by atoms with van der Waals surface area (Å²) >= 11 is 0. The Hall–Kier alpha value is -1.34.